The number of nitrogens with one attached hydrogen (secondary N) is 1. The summed E-state index contributed by atoms with van der Waals surface area (Å²) in [6.45, 7) is 3.89. The average Bonchev–Trinajstić information content (AvgIpc) is 2.49. The van der Waals surface area contributed by atoms with Crippen molar-refractivity contribution < 1.29 is 4.79 Å². The molecular formula is C17H27ClN2O. The predicted molar refractivity (Wildman–Crippen MR) is 89.4 cm³/mol. The first kappa shape index (κ1) is 18.0. The third kappa shape index (κ3) is 4.45. The fraction of sp³-hybridized carbons (Fsp3) is 0.588. The molecule has 0 saturated heterocycles. The molecule has 1 saturated carbocycles. The maximum atomic E-state index is 12.5. The number of halogens is 1. The second-order valence-corrected chi connectivity index (χ2v) is 6.23. The first-order chi connectivity index (χ1) is 9.51. The van der Waals surface area contributed by atoms with Gasteiger partial charge in [0, 0.05) is 6.04 Å². The zero-order valence-corrected chi connectivity index (χ0v) is 13.8. The van der Waals surface area contributed by atoms with Gasteiger partial charge in [0.25, 0.3) is 0 Å². The fourth-order valence-corrected chi connectivity index (χ4v) is 3.02. The Balaban J connectivity index is 0.00000220. The van der Waals surface area contributed by atoms with Gasteiger partial charge < -0.3 is 11.1 Å². The Morgan fingerprint density at radius 3 is 2.38 bits per heavy atom. The molecule has 118 valence electrons. The van der Waals surface area contributed by atoms with Crippen LogP contribution in [0.1, 0.15) is 51.5 Å². The van der Waals surface area contributed by atoms with E-state index in [1.165, 1.54) is 32.1 Å². The SMILES string of the molecule is CC(NC(=O)C(C)(N)c1ccccc1)C1CCCCC1.Cl. The molecule has 0 aliphatic heterocycles. The Hall–Kier alpha value is -1.06. The molecule has 1 amide bonds. The minimum atomic E-state index is -0.968. The molecule has 4 heteroatoms. The standard InChI is InChI=1S/C17H26N2O.ClH/c1-13(14-9-5-3-6-10-14)19-16(20)17(2,18)15-11-7-4-8-12-15;/h4,7-8,11-14H,3,5-6,9-10,18H2,1-2H3,(H,19,20);1H. The van der Waals surface area contributed by atoms with Crippen molar-refractivity contribution in [2.75, 3.05) is 0 Å². The largest absolute Gasteiger partial charge is 0.351 e. The van der Waals surface area contributed by atoms with Crippen LogP contribution < -0.4 is 11.1 Å². The molecule has 2 atom stereocenters. The van der Waals surface area contributed by atoms with Crippen molar-refractivity contribution in [1.82, 2.24) is 5.32 Å². The fourth-order valence-electron chi connectivity index (χ4n) is 3.02. The quantitative estimate of drug-likeness (QED) is 0.896. The van der Waals surface area contributed by atoms with Gasteiger partial charge >= 0.3 is 0 Å². The maximum absolute atomic E-state index is 12.5. The van der Waals surface area contributed by atoms with Crippen LogP contribution in [-0.2, 0) is 10.3 Å². The third-order valence-corrected chi connectivity index (χ3v) is 4.56. The van der Waals surface area contributed by atoms with E-state index >= 15 is 0 Å². The van der Waals surface area contributed by atoms with Crippen LogP contribution in [0.4, 0.5) is 0 Å². The maximum Gasteiger partial charge on any atom is 0.244 e. The highest BCUT2D eigenvalue weighted by molar-refractivity contribution is 5.87. The van der Waals surface area contributed by atoms with Gasteiger partial charge in [-0.25, -0.2) is 0 Å². The van der Waals surface area contributed by atoms with E-state index in [2.05, 4.69) is 12.2 Å². The van der Waals surface area contributed by atoms with Crippen molar-refractivity contribution in [3.8, 4) is 0 Å². The van der Waals surface area contributed by atoms with Crippen LogP contribution in [0.5, 0.6) is 0 Å². The molecule has 1 aliphatic carbocycles. The van der Waals surface area contributed by atoms with Crippen LogP contribution in [0.25, 0.3) is 0 Å². The van der Waals surface area contributed by atoms with Gasteiger partial charge in [0.15, 0.2) is 0 Å². The minimum absolute atomic E-state index is 0. The highest BCUT2D eigenvalue weighted by Gasteiger charge is 2.32. The van der Waals surface area contributed by atoms with E-state index in [0.717, 1.165) is 5.56 Å². The molecule has 1 aromatic rings. The molecule has 2 unspecified atom stereocenters. The van der Waals surface area contributed by atoms with E-state index in [0.29, 0.717) is 5.92 Å². The Labute approximate surface area is 134 Å². The second kappa shape index (κ2) is 7.81. The average molecular weight is 311 g/mol. The summed E-state index contributed by atoms with van der Waals surface area (Å²) in [5.74, 6) is 0.515. The molecule has 3 nitrogen and oxygen atoms in total. The van der Waals surface area contributed by atoms with E-state index in [1.807, 2.05) is 30.3 Å². The molecule has 1 aromatic carbocycles. The minimum Gasteiger partial charge on any atom is -0.351 e. The number of carbonyl (C=O) groups is 1. The van der Waals surface area contributed by atoms with Crippen molar-refractivity contribution >= 4 is 18.3 Å². The molecule has 1 aliphatic rings. The molecular weight excluding hydrogens is 284 g/mol. The number of carbonyl (C=O) groups excluding carboxylic acids is 1. The summed E-state index contributed by atoms with van der Waals surface area (Å²) in [6.07, 6.45) is 6.32. The molecule has 1 fully saturated rings. The van der Waals surface area contributed by atoms with E-state index in [-0.39, 0.29) is 24.4 Å². The lowest BCUT2D eigenvalue weighted by atomic mass is 9.84. The first-order valence-electron chi connectivity index (χ1n) is 7.67. The summed E-state index contributed by atoms with van der Waals surface area (Å²) >= 11 is 0. The van der Waals surface area contributed by atoms with Gasteiger partial charge in [0.1, 0.15) is 5.54 Å². The first-order valence-corrected chi connectivity index (χ1v) is 7.67. The number of hydrogen-bond donors (Lipinski definition) is 2. The number of hydrogen-bond acceptors (Lipinski definition) is 2. The Morgan fingerprint density at radius 1 is 1.24 bits per heavy atom. The number of nitrogens with two attached hydrogens (primary N) is 1. The molecule has 3 N–H and O–H groups in total. The summed E-state index contributed by atoms with van der Waals surface area (Å²) in [5, 5.41) is 3.12. The van der Waals surface area contributed by atoms with Crippen LogP contribution in [0.3, 0.4) is 0 Å². The zero-order chi connectivity index (χ0) is 14.6. The molecule has 0 radical (unpaired) electrons. The van der Waals surface area contributed by atoms with E-state index in [4.69, 9.17) is 5.73 Å². The van der Waals surface area contributed by atoms with E-state index < -0.39 is 5.54 Å². The van der Waals surface area contributed by atoms with E-state index in [1.54, 1.807) is 6.92 Å². The Bertz CT molecular complexity index is 441. The predicted octanol–water partition coefficient (Wildman–Crippen LogP) is 3.37. The lowest BCUT2D eigenvalue weighted by Gasteiger charge is -2.32. The number of rotatable bonds is 4. The van der Waals surface area contributed by atoms with Gasteiger partial charge in [-0.1, -0.05) is 49.6 Å². The molecule has 0 bridgehead atoms. The van der Waals surface area contributed by atoms with Crippen molar-refractivity contribution in [2.24, 2.45) is 11.7 Å². The van der Waals surface area contributed by atoms with Gasteiger partial charge in [0.05, 0.1) is 0 Å². The normalized spacial score (nSPS) is 20.0. The van der Waals surface area contributed by atoms with Crippen LogP contribution in [-0.4, -0.2) is 11.9 Å². The zero-order valence-electron chi connectivity index (χ0n) is 13.0. The lowest BCUT2D eigenvalue weighted by molar-refractivity contribution is -0.127. The summed E-state index contributed by atoms with van der Waals surface area (Å²) < 4.78 is 0. The van der Waals surface area contributed by atoms with E-state index in [9.17, 15) is 4.79 Å². The van der Waals surface area contributed by atoms with Crippen LogP contribution in [0.15, 0.2) is 30.3 Å². The second-order valence-electron chi connectivity index (χ2n) is 6.23. The van der Waals surface area contributed by atoms with Crippen LogP contribution in [0.2, 0.25) is 0 Å². The topological polar surface area (TPSA) is 55.1 Å². The van der Waals surface area contributed by atoms with Gasteiger partial charge in [-0.05, 0) is 38.2 Å². The molecule has 0 spiro atoms. The van der Waals surface area contributed by atoms with Crippen molar-refractivity contribution in [3.05, 3.63) is 35.9 Å². The third-order valence-electron chi connectivity index (χ3n) is 4.56. The van der Waals surface area contributed by atoms with Gasteiger partial charge in [0.2, 0.25) is 5.91 Å². The molecule has 0 aromatic heterocycles. The summed E-state index contributed by atoms with van der Waals surface area (Å²) in [6, 6.07) is 9.78. The van der Waals surface area contributed by atoms with Gasteiger partial charge in [-0.2, -0.15) is 0 Å². The summed E-state index contributed by atoms with van der Waals surface area (Å²) in [4.78, 5) is 12.5. The molecule has 0 heterocycles. The Morgan fingerprint density at radius 2 is 1.81 bits per heavy atom. The van der Waals surface area contributed by atoms with Gasteiger partial charge in [-0.3, -0.25) is 4.79 Å². The number of amides is 1. The van der Waals surface area contributed by atoms with Crippen LogP contribution >= 0.6 is 12.4 Å². The van der Waals surface area contributed by atoms with Crippen LogP contribution in [0, 0.1) is 5.92 Å². The summed E-state index contributed by atoms with van der Waals surface area (Å²) in [5.41, 5.74) is 6.13. The number of benzene rings is 1. The lowest BCUT2D eigenvalue weighted by Crippen LogP contribution is -2.52. The Kier molecular flexibility index (Phi) is 6.69. The van der Waals surface area contributed by atoms with Crippen molar-refractivity contribution in [3.63, 3.8) is 0 Å². The highest BCUT2D eigenvalue weighted by atomic mass is 35.5. The summed E-state index contributed by atoms with van der Waals surface area (Å²) in [7, 11) is 0. The highest BCUT2D eigenvalue weighted by Crippen LogP contribution is 2.27. The van der Waals surface area contributed by atoms with Gasteiger partial charge in [-0.15, -0.1) is 12.4 Å². The monoisotopic (exact) mass is 310 g/mol. The smallest absolute Gasteiger partial charge is 0.244 e. The van der Waals surface area contributed by atoms with Crippen molar-refractivity contribution in [1.29, 1.82) is 0 Å². The molecule has 21 heavy (non-hydrogen) atoms. The molecule has 2 rings (SSSR count). The van der Waals surface area contributed by atoms with Crippen molar-refractivity contribution in [2.45, 2.75) is 57.5 Å².